The predicted molar refractivity (Wildman–Crippen MR) is 250 cm³/mol. The Labute approximate surface area is 395 Å². The van der Waals surface area contributed by atoms with Crippen molar-refractivity contribution in [1.82, 2.24) is 19.6 Å². The number of nitrogens with zero attached hydrogens (tertiary/aromatic N) is 4. The summed E-state index contributed by atoms with van der Waals surface area (Å²) < 4.78 is 152. The molecule has 3 atom stereocenters. The summed E-state index contributed by atoms with van der Waals surface area (Å²) in [6.45, 7) is 7.62. The van der Waals surface area contributed by atoms with Gasteiger partial charge in [-0.15, -0.1) is 0 Å². The molecule has 0 aliphatic rings. The Balaban J connectivity index is 6.04. The van der Waals surface area contributed by atoms with E-state index < -0.39 is 92.8 Å². The van der Waals surface area contributed by atoms with Crippen molar-refractivity contribution in [3.63, 3.8) is 0 Å². The highest BCUT2D eigenvalue weighted by Crippen LogP contribution is 2.14. The zero-order chi connectivity index (χ0) is 49.8. The van der Waals surface area contributed by atoms with Crippen LogP contribution in [-0.2, 0) is 58.2 Å². The maximum atomic E-state index is 11.6. The second-order valence-electron chi connectivity index (χ2n) is 16.3. The molecule has 32 heteroatoms. The maximum absolute atomic E-state index is 11.6. The topological polar surface area (TPSA) is 348 Å². The van der Waals surface area contributed by atoms with Gasteiger partial charge in [0.2, 0.25) is 20.2 Å². The first-order valence-electron chi connectivity index (χ1n) is 21.3. The van der Waals surface area contributed by atoms with Crippen LogP contribution in [0.3, 0.4) is 0 Å². The van der Waals surface area contributed by atoms with Gasteiger partial charge in [-0.3, -0.25) is 28.0 Å². The minimum Gasteiger partial charge on any atom is -0.437 e. The summed E-state index contributed by atoms with van der Waals surface area (Å²) in [5.74, 6) is -2.16. The second-order valence-corrected chi connectivity index (χ2v) is 30.3. The summed E-state index contributed by atoms with van der Waals surface area (Å²) in [6.07, 6.45) is -0.984. The fourth-order valence-corrected chi connectivity index (χ4v) is 13.1. The molecule has 0 aromatic carbocycles. The first kappa shape index (κ1) is 65.0. The molecule has 0 aromatic heterocycles. The summed E-state index contributed by atoms with van der Waals surface area (Å²) in [5.41, 5.74) is 0. The van der Waals surface area contributed by atoms with E-state index in [1.54, 1.807) is 9.80 Å². The van der Waals surface area contributed by atoms with Gasteiger partial charge in [0, 0.05) is 65.6 Å². The molecular weight excluding hydrogens is 1010 g/mol. The van der Waals surface area contributed by atoms with E-state index in [1.165, 1.54) is 6.55 Å². The Bertz CT molecular complexity index is 1710. The normalized spacial score (nSPS) is 15.4. The highest BCUT2D eigenvalue weighted by molar-refractivity contribution is 7.86. The smallest absolute Gasteiger partial charge is 0.329 e. The number of hydrogen-bond donors (Lipinski definition) is 8. The zero-order valence-corrected chi connectivity index (χ0v) is 45.1. The number of hydrogen-bond acceptors (Lipinski definition) is 20. The summed E-state index contributed by atoms with van der Waals surface area (Å²) >= 11 is 0. The van der Waals surface area contributed by atoms with Crippen LogP contribution in [0.5, 0.6) is 0 Å². The lowest BCUT2D eigenvalue weighted by Gasteiger charge is -2.32. The van der Waals surface area contributed by atoms with Crippen molar-refractivity contribution in [2.24, 2.45) is 0 Å². The molecule has 5 radical (unpaired) electrons. The van der Waals surface area contributed by atoms with Gasteiger partial charge < -0.3 is 47.3 Å². The van der Waals surface area contributed by atoms with Crippen LogP contribution >= 0.6 is 0 Å². The van der Waals surface area contributed by atoms with Gasteiger partial charge in [0.15, 0.2) is 0 Å². The van der Waals surface area contributed by atoms with Gasteiger partial charge in [-0.1, -0.05) is 0 Å². The molecule has 0 fully saturated rings. The summed E-state index contributed by atoms with van der Waals surface area (Å²) in [6, 6.07) is 0.812. The Morgan fingerprint density at radius 2 is 0.831 bits per heavy atom. The Morgan fingerprint density at radius 3 is 1.12 bits per heavy atom. The lowest BCUT2D eigenvalue weighted by molar-refractivity contribution is 0.0140. The van der Waals surface area contributed by atoms with Gasteiger partial charge in [-0.25, -0.2) is 0 Å². The van der Waals surface area contributed by atoms with Crippen LogP contribution in [-0.4, -0.2) is 269 Å². The third-order valence-electron chi connectivity index (χ3n) is 9.65. The summed E-state index contributed by atoms with van der Waals surface area (Å²) in [5, 5.41) is 21.6. The molecular formula is C33H75N4O20S4Si4. The summed E-state index contributed by atoms with van der Waals surface area (Å²) in [4.78, 5) is 26.5. The van der Waals surface area contributed by atoms with Crippen LogP contribution in [0.25, 0.3) is 0 Å². The molecule has 387 valence electrons. The van der Waals surface area contributed by atoms with Gasteiger partial charge in [-0.05, 0) is 96.4 Å². The molecule has 0 spiro atoms. The Kier molecular flexibility index (Phi) is 33.6. The first-order chi connectivity index (χ1) is 29.9. The van der Waals surface area contributed by atoms with Gasteiger partial charge in [0.1, 0.15) is 0 Å². The molecule has 65 heavy (non-hydrogen) atoms. The zero-order valence-electron chi connectivity index (χ0n) is 37.9. The van der Waals surface area contributed by atoms with Crippen LogP contribution < -0.4 is 0 Å². The van der Waals surface area contributed by atoms with E-state index in [9.17, 15) is 71.7 Å². The first-order valence-corrected chi connectivity index (χ1v) is 34.7. The molecule has 8 N–H and O–H groups in total. The van der Waals surface area contributed by atoms with E-state index in [0.29, 0.717) is 25.5 Å². The molecule has 0 rings (SSSR count). The average molecular weight is 1090 g/mol. The standard InChI is InChI=1S/C33H75N4O20S4Si4/c1-63-57-65(3,56-62)27-9-21-55-31-33(39)29-37(13-7-25-61(49,50)51)19-17-35(11-5-23-59(43,44)45)15-14-34(10-4-22-58(40,41)42)16-18-36(12-6-24-60(46,47)48)28-32(38)30-54-20-8-26-64(2,52)53/h32-33,38-39,52-53H,4-31H2,1-3H3,(H,40,41,42)(H,43,44,45)(H,46,47,48)(H,49,50,51). The Hall–Kier alpha value is 0.0275. The number of aliphatic hydroxyl groups is 2. The van der Waals surface area contributed by atoms with Gasteiger partial charge in [-0.2, -0.15) is 33.7 Å². The highest BCUT2D eigenvalue weighted by atomic mass is 32.2. The molecule has 0 bridgehead atoms. The van der Waals surface area contributed by atoms with Crippen molar-refractivity contribution in [2.75, 3.05) is 128 Å². The highest BCUT2D eigenvalue weighted by Gasteiger charge is 2.28. The molecule has 0 aliphatic heterocycles. The third-order valence-corrected chi connectivity index (χ3v) is 19.7. The van der Waals surface area contributed by atoms with Crippen LogP contribution in [0.1, 0.15) is 38.5 Å². The molecule has 0 aliphatic carbocycles. The SMILES string of the molecule is C[Si]O[Si](C)(CCCOCC(O)CN(CCCS(=O)(=O)O)CCN(CCCS(=O)(=O)O)CCN(CCCS(=O)(=O)O)CCN(CCCS(=O)(=O)O)CC(O)COCCC[Si](C)(O)O)O[Si]. The van der Waals surface area contributed by atoms with Crippen molar-refractivity contribution in [1.29, 1.82) is 0 Å². The van der Waals surface area contributed by atoms with E-state index >= 15 is 0 Å². The molecule has 0 heterocycles. The fraction of sp³-hybridized carbons (Fsp3) is 1.00. The lowest BCUT2D eigenvalue weighted by atomic mass is 10.2. The van der Waals surface area contributed by atoms with Crippen molar-refractivity contribution >= 4 is 77.8 Å². The van der Waals surface area contributed by atoms with E-state index in [4.69, 9.17) is 17.7 Å². The molecule has 24 nitrogen and oxygen atoms in total. The van der Waals surface area contributed by atoms with E-state index in [-0.39, 0.29) is 140 Å². The van der Waals surface area contributed by atoms with Crippen LogP contribution in [0.15, 0.2) is 0 Å². The third kappa shape index (κ3) is 42.6. The quantitative estimate of drug-likeness (QED) is 0.0182. The molecule has 0 saturated heterocycles. The average Bonchev–Trinajstić information content (AvgIpc) is 3.14. The second kappa shape index (κ2) is 33.6. The number of ether oxygens (including phenoxy) is 2. The lowest BCUT2D eigenvalue weighted by Crippen LogP contribution is -2.45. The van der Waals surface area contributed by atoms with Gasteiger partial charge in [0.05, 0.1) is 48.4 Å². The van der Waals surface area contributed by atoms with Crippen LogP contribution in [0, 0.1) is 0 Å². The van der Waals surface area contributed by atoms with Crippen molar-refractivity contribution in [2.45, 2.75) is 82.5 Å². The number of rotatable bonds is 44. The van der Waals surface area contributed by atoms with E-state index in [2.05, 4.69) is 10.5 Å². The van der Waals surface area contributed by atoms with Crippen LogP contribution in [0.2, 0.25) is 31.7 Å². The molecule has 0 aromatic rings. The molecule has 0 saturated carbocycles. The maximum Gasteiger partial charge on any atom is 0.329 e. The number of aliphatic hydroxyl groups excluding tert-OH is 2. The summed E-state index contributed by atoms with van der Waals surface area (Å²) in [7, 11) is -19.5. The predicted octanol–water partition coefficient (Wildman–Crippen LogP) is -2.25. The van der Waals surface area contributed by atoms with Gasteiger partial charge >= 0.3 is 17.1 Å². The molecule has 0 amide bonds. The van der Waals surface area contributed by atoms with Crippen molar-refractivity contribution < 1.29 is 89.4 Å². The van der Waals surface area contributed by atoms with Gasteiger partial charge in [0.25, 0.3) is 40.5 Å². The largest absolute Gasteiger partial charge is 0.437 e. The van der Waals surface area contributed by atoms with E-state index in [0.717, 1.165) is 0 Å². The minimum atomic E-state index is -4.31. The fourth-order valence-electron chi connectivity index (χ4n) is 6.47. The monoisotopic (exact) mass is 1090 g/mol. The van der Waals surface area contributed by atoms with Crippen molar-refractivity contribution in [3.8, 4) is 0 Å². The van der Waals surface area contributed by atoms with E-state index in [1.807, 2.05) is 22.9 Å². The van der Waals surface area contributed by atoms with Crippen LogP contribution in [0.4, 0.5) is 0 Å². The van der Waals surface area contributed by atoms with Crippen molar-refractivity contribution in [3.05, 3.63) is 0 Å². The molecule has 3 unspecified atom stereocenters. The Morgan fingerprint density at radius 1 is 0.523 bits per heavy atom. The minimum absolute atomic E-state index is 0.0108.